The molecule has 32 heavy (non-hydrogen) atoms. The first kappa shape index (κ1) is 23.1. The number of amides is 4. The first-order valence-electron chi connectivity index (χ1n) is 10.2. The lowest BCUT2D eigenvalue weighted by Gasteiger charge is -2.18. The van der Waals surface area contributed by atoms with Gasteiger partial charge in [-0.1, -0.05) is 36.4 Å². The second kappa shape index (κ2) is 10.6. The average molecular weight is 441 g/mol. The van der Waals surface area contributed by atoms with Gasteiger partial charge in [-0.15, -0.1) is 0 Å². The minimum absolute atomic E-state index is 0.0381. The van der Waals surface area contributed by atoms with Gasteiger partial charge in [-0.25, -0.2) is 4.79 Å². The molecule has 1 saturated heterocycles. The molecule has 0 radical (unpaired) electrons. The highest BCUT2D eigenvalue weighted by molar-refractivity contribution is 6.05. The largest absolute Gasteiger partial charge is 0.493 e. The number of benzene rings is 2. The lowest BCUT2D eigenvalue weighted by atomic mass is 10.1. The number of nitrogens with zero attached hydrogens (tertiary/aromatic N) is 1. The summed E-state index contributed by atoms with van der Waals surface area (Å²) in [5.41, 5.74) is 1.65. The van der Waals surface area contributed by atoms with E-state index in [9.17, 15) is 19.5 Å². The van der Waals surface area contributed by atoms with E-state index in [1.807, 2.05) is 30.3 Å². The van der Waals surface area contributed by atoms with Crippen molar-refractivity contribution in [1.82, 2.24) is 15.5 Å². The average Bonchev–Trinajstić information content (AvgIpc) is 3.06. The molecule has 9 nitrogen and oxygen atoms in total. The van der Waals surface area contributed by atoms with Crippen molar-refractivity contribution in [3.63, 3.8) is 0 Å². The van der Waals surface area contributed by atoms with Gasteiger partial charge in [-0.2, -0.15) is 0 Å². The summed E-state index contributed by atoms with van der Waals surface area (Å²) >= 11 is 0. The minimum atomic E-state index is -0.960. The molecule has 0 spiro atoms. The first-order valence-corrected chi connectivity index (χ1v) is 10.2. The number of rotatable bonds is 10. The molecule has 4 amide bonds. The number of methoxy groups -OCH3 is 2. The third-order valence-electron chi connectivity index (χ3n) is 5.20. The van der Waals surface area contributed by atoms with Gasteiger partial charge in [0.15, 0.2) is 11.5 Å². The fourth-order valence-electron chi connectivity index (χ4n) is 3.56. The standard InChI is InChI=1S/C23H27N3O6/c1-31-19-9-8-16(11-20(19)32-2)13-26-22(29)18(25-23(26)30)12-21(28)24-17(14-27)10-15-6-4-3-5-7-15/h3-9,11,17-18,27H,10,12-14H2,1-2H3,(H,24,28)(H,25,30)/t17-,18?/m0/s1. The van der Waals surface area contributed by atoms with Crippen LogP contribution in [0.4, 0.5) is 4.79 Å². The first-order chi connectivity index (χ1) is 15.4. The van der Waals surface area contributed by atoms with Gasteiger partial charge < -0.3 is 25.2 Å². The number of aliphatic hydroxyl groups excluding tert-OH is 1. The van der Waals surface area contributed by atoms with Crippen LogP contribution in [0.15, 0.2) is 48.5 Å². The molecule has 1 heterocycles. The molecule has 2 aromatic rings. The Balaban J connectivity index is 1.58. The van der Waals surface area contributed by atoms with E-state index in [4.69, 9.17) is 9.47 Å². The number of urea groups is 1. The van der Waals surface area contributed by atoms with Crippen molar-refractivity contribution < 1.29 is 29.0 Å². The Hall–Kier alpha value is -3.59. The van der Waals surface area contributed by atoms with Crippen LogP contribution >= 0.6 is 0 Å². The van der Waals surface area contributed by atoms with Gasteiger partial charge in [0.05, 0.1) is 39.8 Å². The highest BCUT2D eigenvalue weighted by Gasteiger charge is 2.39. The maximum Gasteiger partial charge on any atom is 0.325 e. The van der Waals surface area contributed by atoms with Gasteiger partial charge in [0.1, 0.15) is 6.04 Å². The SMILES string of the molecule is COc1ccc(CN2C(=O)NC(CC(=O)N[C@H](CO)Cc3ccccc3)C2=O)cc1OC. The highest BCUT2D eigenvalue weighted by atomic mass is 16.5. The van der Waals surface area contributed by atoms with Crippen molar-refractivity contribution in [3.8, 4) is 11.5 Å². The number of nitrogens with one attached hydrogen (secondary N) is 2. The number of hydrogen-bond donors (Lipinski definition) is 3. The molecule has 2 aromatic carbocycles. The van der Waals surface area contributed by atoms with Crippen molar-refractivity contribution in [2.75, 3.05) is 20.8 Å². The van der Waals surface area contributed by atoms with Crippen LogP contribution in [-0.2, 0) is 22.6 Å². The summed E-state index contributed by atoms with van der Waals surface area (Å²) in [6, 6.07) is 12.6. The molecule has 3 rings (SSSR count). The van der Waals surface area contributed by atoms with E-state index in [2.05, 4.69) is 10.6 Å². The van der Waals surface area contributed by atoms with E-state index in [0.29, 0.717) is 23.5 Å². The van der Waals surface area contributed by atoms with E-state index < -0.39 is 29.9 Å². The predicted octanol–water partition coefficient (Wildman–Crippen LogP) is 1.23. The van der Waals surface area contributed by atoms with Gasteiger partial charge in [0.25, 0.3) is 5.91 Å². The quantitative estimate of drug-likeness (QED) is 0.478. The summed E-state index contributed by atoms with van der Waals surface area (Å²) in [4.78, 5) is 38.6. The Morgan fingerprint density at radius 2 is 1.81 bits per heavy atom. The Bertz CT molecular complexity index is 965. The van der Waals surface area contributed by atoms with Crippen molar-refractivity contribution in [1.29, 1.82) is 0 Å². The van der Waals surface area contributed by atoms with Gasteiger partial charge in [0.2, 0.25) is 5.91 Å². The van der Waals surface area contributed by atoms with Gasteiger partial charge in [-0.3, -0.25) is 14.5 Å². The number of carbonyl (C=O) groups is 3. The number of hydrogen-bond acceptors (Lipinski definition) is 6. The summed E-state index contributed by atoms with van der Waals surface area (Å²) in [6.07, 6.45) is 0.248. The van der Waals surface area contributed by atoms with Crippen LogP contribution in [0, 0.1) is 0 Å². The van der Waals surface area contributed by atoms with E-state index in [-0.39, 0.29) is 19.6 Å². The Labute approximate surface area is 186 Å². The Morgan fingerprint density at radius 3 is 2.47 bits per heavy atom. The van der Waals surface area contributed by atoms with Crippen LogP contribution in [0.25, 0.3) is 0 Å². The smallest absolute Gasteiger partial charge is 0.325 e. The molecule has 9 heteroatoms. The van der Waals surface area contributed by atoms with Crippen LogP contribution in [0.5, 0.6) is 11.5 Å². The summed E-state index contributed by atoms with van der Waals surface area (Å²) in [5, 5.41) is 14.9. The fraction of sp³-hybridized carbons (Fsp3) is 0.348. The maximum atomic E-state index is 12.7. The topological polar surface area (TPSA) is 117 Å². The minimum Gasteiger partial charge on any atom is -0.493 e. The van der Waals surface area contributed by atoms with Gasteiger partial charge in [-0.05, 0) is 29.7 Å². The molecule has 1 aliphatic heterocycles. The van der Waals surface area contributed by atoms with Crippen LogP contribution in [-0.4, -0.2) is 60.8 Å². The molecule has 2 atom stereocenters. The lowest BCUT2D eigenvalue weighted by Crippen LogP contribution is -2.43. The van der Waals surface area contributed by atoms with Crippen LogP contribution < -0.4 is 20.1 Å². The summed E-state index contributed by atoms with van der Waals surface area (Å²) < 4.78 is 10.5. The Kier molecular flexibility index (Phi) is 7.67. The van der Waals surface area contributed by atoms with Crippen molar-refractivity contribution >= 4 is 17.8 Å². The third-order valence-corrected chi connectivity index (χ3v) is 5.20. The molecule has 0 aromatic heterocycles. The monoisotopic (exact) mass is 441 g/mol. The van der Waals surface area contributed by atoms with Crippen molar-refractivity contribution in [2.24, 2.45) is 0 Å². The molecule has 0 aliphatic carbocycles. The van der Waals surface area contributed by atoms with Gasteiger partial charge >= 0.3 is 6.03 Å². The van der Waals surface area contributed by atoms with Crippen LogP contribution in [0.3, 0.4) is 0 Å². The normalized spacial score (nSPS) is 16.5. The van der Waals surface area contributed by atoms with Crippen molar-refractivity contribution in [3.05, 3.63) is 59.7 Å². The summed E-state index contributed by atoms with van der Waals surface area (Å²) in [7, 11) is 3.02. The van der Waals surface area contributed by atoms with E-state index in [1.165, 1.54) is 14.2 Å². The fourth-order valence-corrected chi connectivity index (χ4v) is 3.56. The molecule has 1 unspecified atom stereocenters. The number of imide groups is 1. The highest BCUT2D eigenvalue weighted by Crippen LogP contribution is 2.28. The Morgan fingerprint density at radius 1 is 1.09 bits per heavy atom. The zero-order valence-corrected chi connectivity index (χ0v) is 18.0. The van der Waals surface area contributed by atoms with E-state index in [1.54, 1.807) is 18.2 Å². The maximum absolute atomic E-state index is 12.7. The van der Waals surface area contributed by atoms with Crippen LogP contribution in [0.2, 0.25) is 0 Å². The molecule has 170 valence electrons. The summed E-state index contributed by atoms with van der Waals surface area (Å²) in [6.45, 7) is -0.201. The number of aliphatic hydroxyl groups is 1. The molecular weight excluding hydrogens is 414 g/mol. The summed E-state index contributed by atoms with van der Waals surface area (Å²) in [5.74, 6) is 0.119. The molecule has 1 aliphatic rings. The number of carbonyl (C=O) groups excluding carboxylic acids is 3. The molecule has 0 saturated carbocycles. The van der Waals surface area contributed by atoms with Gasteiger partial charge in [0, 0.05) is 0 Å². The third kappa shape index (κ3) is 5.55. The predicted molar refractivity (Wildman–Crippen MR) is 116 cm³/mol. The second-order valence-corrected chi connectivity index (χ2v) is 7.46. The molecule has 1 fully saturated rings. The zero-order valence-electron chi connectivity index (χ0n) is 18.0. The van der Waals surface area contributed by atoms with Crippen molar-refractivity contribution in [2.45, 2.75) is 31.5 Å². The lowest BCUT2D eigenvalue weighted by molar-refractivity contribution is -0.131. The van der Waals surface area contributed by atoms with E-state index in [0.717, 1.165) is 10.5 Å². The second-order valence-electron chi connectivity index (χ2n) is 7.46. The molecule has 0 bridgehead atoms. The zero-order chi connectivity index (χ0) is 23.1. The van der Waals surface area contributed by atoms with Crippen LogP contribution in [0.1, 0.15) is 17.5 Å². The number of ether oxygens (including phenoxy) is 2. The van der Waals surface area contributed by atoms with E-state index >= 15 is 0 Å². The molecule has 3 N–H and O–H groups in total. The molecular formula is C23H27N3O6.